The van der Waals surface area contributed by atoms with Crippen molar-refractivity contribution in [1.82, 2.24) is 0 Å². The van der Waals surface area contributed by atoms with Gasteiger partial charge in [-0.3, -0.25) is 9.12 Å². The van der Waals surface area contributed by atoms with Gasteiger partial charge < -0.3 is 14.5 Å². The fraction of sp³-hybridized carbons (Fsp3) is 0.333. The molecule has 2 rings (SSSR count). The maximum atomic E-state index is 11.2. The van der Waals surface area contributed by atoms with Gasteiger partial charge in [-0.25, -0.2) is 0 Å². The standard InChI is InChI=1S/C18H23O7PS/c19-26(20,21)18(27(22,23)24)8-4-7-16-9-11-17(12-10-16)25-14-13-15-5-2-1-3-6-15/h1-3,5-6,9-12,18H,4,7-8,13-14H2,(H2,19,20,21)(H,22,23,24). The van der Waals surface area contributed by atoms with Crippen LogP contribution in [0.3, 0.4) is 0 Å². The van der Waals surface area contributed by atoms with E-state index >= 15 is 0 Å². The van der Waals surface area contributed by atoms with E-state index in [0.717, 1.165) is 12.0 Å². The summed E-state index contributed by atoms with van der Waals surface area (Å²) in [5, 5.41) is 0. The van der Waals surface area contributed by atoms with Crippen LogP contribution in [0.15, 0.2) is 54.6 Å². The molecule has 2 aromatic carbocycles. The first-order chi connectivity index (χ1) is 12.7. The number of benzene rings is 2. The van der Waals surface area contributed by atoms with Gasteiger partial charge in [0, 0.05) is 6.42 Å². The summed E-state index contributed by atoms with van der Waals surface area (Å²) in [7, 11) is -9.72. The highest BCUT2D eigenvalue weighted by molar-refractivity contribution is 7.93. The lowest BCUT2D eigenvalue weighted by Crippen LogP contribution is -2.20. The van der Waals surface area contributed by atoms with Crippen LogP contribution in [0.1, 0.15) is 24.0 Å². The van der Waals surface area contributed by atoms with E-state index in [1.54, 1.807) is 12.1 Å². The summed E-state index contributed by atoms with van der Waals surface area (Å²) < 4.78 is 48.1. The van der Waals surface area contributed by atoms with Crippen LogP contribution in [0.2, 0.25) is 0 Å². The number of hydrogen-bond donors (Lipinski definition) is 3. The lowest BCUT2D eigenvalue weighted by Gasteiger charge is -2.15. The van der Waals surface area contributed by atoms with Gasteiger partial charge in [0.15, 0.2) is 4.99 Å². The second-order valence-corrected chi connectivity index (χ2v) is 9.93. The van der Waals surface area contributed by atoms with Gasteiger partial charge in [-0.1, -0.05) is 42.5 Å². The molecule has 27 heavy (non-hydrogen) atoms. The van der Waals surface area contributed by atoms with Gasteiger partial charge in [0.05, 0.1) is 6.61 Å². The molecule has 0 bridgehead atoms. The first kappa shape index (κ1) is 21.6. The Morgan fingerprint density at radius 3 is 2.07 bits per heavy atom. The Labute approximate surface area is 158 Å². The molecule has 0 saturated heterocycles. The molecule has 0 aliphatic carbocycles. The molecule has 148 valence electrons. The van der Waals surface area contributed by atoms with E-state index in [1.165, 1.54) is 5.56 Å². The van der Waals surface area contributed by atoms with Gasteiger partial charge in [0.2, 0.25) is 0 Å². The lowest BCUT2D eigenvalue weighted by molar-refractivity contribution is 0.322. The SMILES string of the molecule is O=P(O)(O)C(CCCc1ccc(OCCc2ccccc2)cc1)S(=O)(=O)O. The fourth-order valence-corrected chi connectivity index (χ4v) is 5.03. The van der Waals surface area contributed by atoms with Crippen LogP contribution in [-0.2, 0) is 27.5 Å². The molecule has 1 unspecified atom stereocenters. The summed E-state index contributed by atoms with van der Waals surface area (Å²) in [6.45, 7) is 0.543. The zero-order valence-electron chi connectivity index (χ0n) is 14.6. The van der Waals surface area contributed by atoms with Crippen molar-refractivity contribution in [2.24, 2.45) is 0 Å². The minimum absolute atomic E-state index is 0.212. The highest BCUT2D eigenvalue weighted by Crippen LogP contribution is 2.46. The van der Waals surface area contributed by atoms with E-state index in [2.05, 4.69) is 0 Å². The quantitative estimate of drug-likeness (QED) is 0.404. The van der Waals surface area contributed by atoms with Crippen LogP contribution >= 0.6 is 7.60 Å². The van der Waals surface area contributed by atoms with E-state index in [0.29, 0.717) is 18.8 Å². The third kappa shape index (κ3) is 7.44. The fourth-order valence-electron chi connectivity index (χ4n) is 2.66. The average molecular weight is 414 g/mol. The second-order valence-electron chi connectivity index (χ2n) is 6.18. The minimum atomic E-state index is -4.92. The summed E-state index contributed by atoms with van der Waals surface area (Å²) in [6, 6.07) is 17.2. The van der Waals surface area contributed by atoms with Gasteiger partial charge in [-0.15, -0.1) is 0 Å². The van der Waals surface area contributed by atoms with Crippen LogP contribution in [0, 0.1) is 0 Å². The van der Waals surface area contributed by atoms with Crippen molar-refractivity contribution < 1.29 is 32.1 Å². The molecule has 0 saturated carbocycles. The largest absolute Gasteiger partial charge is 0.493 e. The molecule has 0 fully saturated rings. The van der Waals surface area contributed by atoms with E-state index in [1.807, 2.05) is 42.5 Å². The summed E-state index contributed by atoms with van der Waals surface area (Å²) in [6.07, 6.45) is 1.11. The van der Waals surface area contributed by atoms with Crippen LogP contribution in [0.25, 0.3) is 0 Å². The van der Waals surface area contributed by atoms with Crippen LogP contribution in [-0.4, -0.2) is 34.4 Å². The molecule has 9 heteroatoms. The average Bonchev–Trinajstić information content (AvgIpc) is 2.59. The molecule has 0 spiro atoms. The highest BCUT2D eigenvalue weighted by Gasteiger charge is 2.38. The topological polar surface area (TPSA) is 121 Å². The van der Waals surface area contributed by atoms with E-state index in [9.17, 15) is 13.0 Å². The third-order valence-corrected chi connectivity index (χ3v) is 7.62. The Bertz CT molecular complexity index is 860. The van der Waals surface area contributed by atoms with Crippen LogP contribution in [0.5, 0.6) is 5.75 Å². The zero-order valence-corrected chi connectivity index (χ0v) is 16.4. The van der Waals surface area contributed by atoms with Gasteiger partial charge in [-0.05, 0) is 42.5 Å². The molecule has 2 aromatic rings. The first-order valence-corrected chi connectivity index (χ1v) is 11.6. The van der Waals surface area contributed by atoms with Gasteiger partial charge >= 0.3 is 7.60 Å². The number of aryl methyl sites for hydroxylation is 1. The zero-order chi connectivity index (χ0) is 19.9. The Morgan fingerprint density at radius 2 is 1.52 bits per heavy atom. The van der Waals surface area contributed by atoms with E-state index < -0.39 is 22.7 Å². The monoisotopic (exact) mass is 414 g/mol. The molecule has 3 N–H and O–H groups in total. The lowest BCUT2D eigenvalue weighted by atomic mass is 10.1. The summed E-state index contributed by atoms with van der Waals surface area (Å²) in [5.74, 6) is 0.709. The van der Waals surface area contributed by atoms with Crippen molar-refractivity contribution in [3.05, 3.63) is 65.7 Å². The molecule has 1 atom stereocenters. The molecule has 0 aliphatic rings. The number of ether oxygens (including phenoxy) is 1. The van der Waals surface area contributed by atoms with Crippen molar-refractivity contribution in [2.75, 3.05) is 6.61 Å². The predicted octanol–water partition coefficient (Wildman–Crippen LogP) is 3.02. The molecule has 7 nitrogen and oxygen atoms in total. The molecular formula is C18H23O7PS. The Balaban J connectivity index is 1.80. The number of hydrogen-bond acceptors (Lipinski definition) is 4. The van der Waals surface area contributed by atoms with Crippen molar-refractivity contribution in [3.63, 3.8) is 0 Å². The minimum Gasteiger partial charge on any atom is -0.493 e. The van der Waals surface area contributed by atoms with Crippen LogP contribution < -0.4 is 4.74 Å². The van der Waals surface area contributed by atoms with Gasteiger partial charge in [-0.2, -0.15) is 8.42 Å². The predicted molar refractivity (Wildman–Crippen MR) is 102 cm³/mol. The highest BCUT2D eigenvalue weighted by atomic mass is 32.2. The molecule has 0 heterocycles. The van der Waals surface area contributed by atoms with Crippen molar-refractivity contribution >= 4 is 17.7 Å². The molecular weight excluding hydrogens is 391 g/mol. The van der Waals surface area contributed by atoms with Gasteiger partial charge in [0.1, 0.15) is 5.75 Å². The van der Waals surface area contributed by atoms with Crippen molar-refractivity contribution in [3.8, 4) is 5.75 Å². The molecule has 0 amide bonds. The van der Waals surface area contributed by atoms with E-state index in [-0.39, 0.29) is 12.8 Å². The normalized spacial score (nSPS) is 13.3. The second kappa shape index (κ2) is 9.48. The van der Waals surface area contributed by atoms with E-state index in [4.69, 9.17) is 19.1 Å². The summed E-state index contributed by atoms with van der Waals surface area (Å²) in [4.78, 5) is 16.1. The van der Waals surface area contributed by atoms with Crippen LogP contribution in [0.4, 0.5) is 0 Å². The molecule has 0 radical (unpaired) electrons. The Hall–Kier alpha value is -1.70. The third-order valence-electron chi connectivity index (χ3n) is 4.06. The summed E-state index contributed by atoms with van der Waals surface area (Å²) >= 11 is 0. The Kier molecular flexibility index (Phi) is 7.59. The van der Waals surface area contributed by atoms with Crippen molar-refractivity contribution in [1.29, 1.82) is 0 Å². The maximum Gasteiger partial charge on any atom is 0.346 e. The summed E-state index contributed by atoms with van der Waals surface area (Å²) in [5.41, 5.74) is 2.07. The Morgan fingerprint density at radius 1 is 0.926 bits per heavy atom. The van der Waals surface area contributed by atoms with Crippen molar-refractivity contribution in [2.45, 2.75) is 30.7 Å². The van der Waals surface area contributed by atoms with Gasteiger partial charge in [0.25, 0.3) is 10.1 Å². The number of rotatable bonds is 10. The first-order valence-electron chi connectivity index (χ1n) is 8.43. The maximum absolute atomic E-state index is 11.2. The smallest absolute Gasteiger partial charge is 0.346 e. The molecule has 0 aliphatic heterocycles. The molecule has 0 aromatic heterocycles.